The number of nitrogens with zero attached hydrogens (tertiary/aromatic N) is 2. The van der Waals surface area contributed by atoms with Gasteiger partial charge >= 0.3 is 0 Å². The van der Waals surface area contributed by atoms with Crippen molar-refractivity contribution in [3.05, 3.63) is 0 Å². The van der Waals surface area contributed by atoms with Gasteiger partial charge in [0.2, 0.25) is 11.8 Å². The Bertz CT molecular complexity index is 439. The molecule has 118 valence electrons. The quantitative estimate of drug-likeness (QED) is 0.826. The Kier molecular flexibility index (Phi) is 3.72. The van der Waals surface area contributed by atoms with Crippen molar-refractivity contribution >= 4 is 11.8 Å². The van der Waals surface area contributed by atoms with E-state index in [4.69, 9.17) is 0 Å². The van der Waals surface area contributed by atoms with E-state index >= 15 is 0 Å². The maximum atomic E-state index is 12.9. The number of rotatable bonds is 2. The SMILES string of the molecule is CC(C)(C)C1NC(=O)CCN(C2CCN(C3CC3)C2)C1=O. The van der Waals surface area contributed by atoms with Gasteiger partial charge in [0.05, 0.1) is 0 Å². The van der Waals surface area contributed by atoms with Crippen LogP contribution in [-0.2, 0) is 9.59 Å². The molecule has 3 rings (SSSR count). The fraction of sp³-hybridized carbons (Fsp3) is 0.875. The molecule has 1 saturated carbocycles. The van der Waals surface area contributed by atoms with E-state index in [-0.39, 0.29) is 23.3 Å². The summed E-state index contributed by atoms with van der Waals surface area (Å²) in [6, 6.07) is 0.647. The van der Waals surface area contributed by atoms with Crippen LogP contribution in [0.2, 0.25) is 0 Å². The smallest absolute Gasteiger partial charge is 0.246 e. The second kappa shape index (κ2) is 5.27. The average Bonchev–Trinajstić information content (AvgIpc) is 3.16. The Hall–Kier alpha value is -1.10. The maximum absolute atomic E-state index is 12.9. The van der Waals surface area contributed by atoms with Crippen LogP contribution < -0.4 is 5.32 Å². The summed E-state index contributed by atoms with van der Waals surface area (Å²) in [6.45, 7) is 8.71. The molecule has 2 atom stereocenters. The highest BCUT2D eigenvalue weighted by Gasteiger charge is 2.43. The van der Waals surface area contributed by atoms with E-state index in [1.807, 2.05) is 25.7 Å². The van der Waals surface area contributed by atoms with E-state index in [0.29, 0.717) is 13.0 Å². The Morgan fingerprint density at radius 2 is 1.76 bits per heavy atom. The molecule has 2 unspecified atom stereocenters. The molecule has 0 aromatic heterocycles. The fourth-order valence-electron chi connectivity index (χ4n) is 3.54. The first-order valence-electron chi connectivity index (χ1n) is 8.20. The average molecular weight is 293 g/mol. The van der Waals surface area contributed by atoms with Gasteiger partial charge in [0, 0.05) is 38.1 Å². The third-order valence-electron chi connectivity index (χ3n) is 4.98. The van der Waals surface area contributed by atoms with Crippen LogP contribution in [0.5, 0.6) is 0 Å². The minimum absolute atomic E-state index is 0.00261. The number of hydrogen-bond acceptors (Lipinski definition) is 3. The highest BCUT2D eigenvalue weighted by atomic mass is 16.2. The van der Waals surface area contributed by atoms with Crippen LogP contribution in [0.3, 0.4) is 0 Å². The monoisotopic (exact) mass is 293 g/mol. The van der Waals surface area contributed by atoms with Gasteiger partial charge in [0.15, 0.2) is 0 Å². The molecule has 0 bridgehead atoms. The minimum Gasteiger partial charge on any atom is -0.344 e. The summed E-state index contributed by atoms with van der Waals surface area (Å²) in [6.07, 6.45) is 4.10. The number of amides is 2. The molecule has 2 aliphatic heterocycles. The van der Waals surface area contributed by atoms with Crippen molar-refractivity contribution in [1.82, 2.24) is 15.1 Å². The summed E-state index contributed by atoms with van der Waals surface area (Å²) in [7, 11) is 0. The number of nitrogens with one attached hydrogen (secondary N) is 1. The van der Waals surface area contributed by atoms with Gasteiger partial charge in [-0.25, -0.2) is 0 Å². The summed E-state index contributed by atoms with van der Waals surface area (Å²) >= 11 is 0. The van der Waals surface area contributed by atoms with Crippen molar-refractivity contribution in [3.63, 3.8) is 0 Å². The molecule has 0 spiro atoms. The number of carbonyl (C=O) groups excluding carboxylic acids is 2. The standard InChI is InChI=1S/C16H27N3O2/c1-16(2,3)14-15(21)19(9-7-13(20)17-14)12-6-8-18(10-12)11-4-5-11/h11-12,14H,4-10H2,1-3H3,(H,17,20). The molecule has 2 amide bonds. The lowest BCUT2D eigenvalue weighted by molar-refractivity contribution is -0.138. The molecule has 1 aliphatic carbocycles. The van der Waals surface area contributed by atoms with Crippen molar-refractivity contribution in [3.8, 4) is 0 Å². The van der Waals surface area contributed by atoms with Gasteiger partial charge in [0.25, 0.3) is 0 Å². The Balaban J connectivity index is 1.74. The Morgan fingerprint density at radius 1 is 1.05 bits per heavy atom. The molecule has 21 heavy (non-hydrogen) atoms. The Labute approximate surface area is 127 Å². The largest absolute Gasteiger partial charge is 0.344 e. The first-order chi connectivity index (χ1) is 9.86. The van der Waals surface area contributed by atoms with Gasteiger partial charge in [-0.15, -0.1) is 0 Å². The van der Waals surface area contributed by atoms with Crippen LogP contribution in [0.15, 0.2) is 0 Å². The van der Waals surface area contributed by atoms with Gasteiger partial charge in [-0.3, -0.25) is 14.5 Å². The number of hydrogen-bond donors (Lipinski definition) is 1. The van der Waals surface area contributed by atoms with Crippen LogP contribution in [0.4, 0.5) is 0 Å². The second-order valence-corrected chi connectivity index (χ2v) is 7.82. The summed E-state index contributed by atoms with van der Waals surface area (Å²) < 4.78 is 0. The van der Waals surface area contributed by atoms with E-state index in [1.165, 1.54) is 12.8 Å². The molecule has 0 aromatic rings. The fourth-order valence-corrected chi connectivity index (χ4v) is 3.54. The molecule has 2 heterocycles. The van der Waals surface area contributed by atoms with E-state index in [0.717, 1.165) is 25.6 Å². The minimum atomic E-state index is -0.400. The van der Waals surface area contributed by atoms with Gasteiger partial charge in [-0.05, 0) is 24.7 Å². The first kappa shape index (κ1) is 14.8. The van der Waals surface area contributed by atoms with Crippen molar-refractivity contribution in [2.45, 2.75) is 64.6 Å². The Morgan fingerprint density at radius 3 is 2.38 bits per heavy atom. The lowest BCUT2D eigenvalue weighted by atomic mass is 9.85. The molecular weight excluding hydrogens is 266 g/mol. The predicted octanol–water partition coefficient (Wildman–Crippen LogP) is 0.986. The van der Waals surface area contributed by atoms with Crippen molar-refractivity contribution in [1.29, 1.82) is 0 Å². The summed E-state index contributed by atoms with van der Waals surface area (Å²) in [5.41, 5.74) is -0.246. The van der Waals surface area contributed by atoms with Crippen LogP contribution in [0, 0.1) is 5.41 Å². The third-order valence-corrected chi connectivity index (χ3v) is 4.98. The van der Waals surface area contributed by atoms with Crippen LogP contribution >= 0.6 is 0 Å². The lowest BCUT2D eigenvalue weighted by Gasteiger charge is -2.35. The lowest BCUT2D eigenvalue weighted by Crippen LogP contribution is -2.54. The molecule has 3 fully saturated rings. The molecule has 0 radical (unpaired) electrons. The molecular formula is C16H27N3O2. The van der Waals surface area contributed by atoms with E-state index in [1.54, 1.807) is 0 Å². The van der Waals surface area contributed by atoms with Crippen LogP contribution in [0.25, 0.3) is 0 Å². The van der Waals surface area contributed by atoms with Crippen LogP contribution in [0.1, 0.15) is 46.5 Å². The molecule has 1 N–H and O–H groups in total. The molecule has 2 saturated heterocycles. The summed E-state index contributed by atoms with van der Waals surface area (Å²) in [5, 5.41) is 2.92. The zero-order valence-electron chi connectivity index (χ0n) is 13.4. The number of carbonyl (C=O) groups is 2. The van der Waals surface area contributed by atoms with Gasteiger partial charge in [0.1, 0.15) is 6.04 Å². The van der Waals surface area contributed by atoms with Crippen molar-refractivity contribution < 1.29 is 9.59 Å². The van der Waals surface area contributed by atoms with Crippen molar-refractivity contribution in [2.24, 2.45) is 5.41 Å². The summed E-state index contributed by atoms with van der Waals surface area (Å²) in [4.78, 5) is 29.3. The maximum Gasteiger partial charge on any atom is 0.246 e. The highest BCUT2D eigenvalue weighted by molar-refractivity contribution is 5.90. The second-order valence-electron chi connectivity index (χ2n) is 7.82. The van der Waals surface area contributed by atoms with Gasteiger partial charge in [-0.2, -0.15) is 0 Å². The van der Waals surface area contributed by atoms with E-state index in [9.17, 15) is 9.59 Å². The normalized spacial score (nSPS) is 32.2. The van der Waals surface area contributed by atoms with Gasteiger partial charge < -0.3 is 10.2 Å². The molecule has 5 heteroatoms. The van der Waals surface area contributed by atoms with Crippen LogP contribution in [-0.4, -0.2) is 59.4 Å². The molecule has 5 nitrogen and oxygen atoms in total. The molecule has 0 aromatic carbocycles. The highest BCUT2D eigenvalue weighted by Crippen LogP contribution is 2.32. The zero-order chi connectivity index (χ0) is 15.2. The first-order valence-corrected chi connectivity index (χ1v) is 8.20. The third kappa shape index (κ3) is 3.07. The zero-order valence-corrected chi connectivity index (χ0v) is 13.4. The molecule has 3 aliphatic rings. The topological polar surface area (TPSA) is 52.7 Å². The van der Waals surface area contributed by atoms with E-state index in [2.05, 4.69) is 10.2 Å². The van der Waals surface area contributed by atoms with E-state index < -0.39 is 6.04 Å². The number of likely N-dealkylation sites (tertiary alicyclic amines) is 1. The predicted molar refractivity (Wildman–Crippen MR) is 80.7 cm³/mol. The van der Waals surface area contributed by atoms with Crippen molar-refractivity contribution in [2.75, 3.05) is 19.6 Å². The van der Waals surface area contributed by atoms with Gasteiger partial charge in [-0.1, -0.05) is 20.8 Å². The summed E-state index contributed by atoms with van der Waals surface area (Å²) in [5.74, 6) is 0.110.